The number of fused-ring (bicyclic) bond motifs is 1. The number of alkyl halides is 1. The summed E-state index contributed by atoms with van der Waals surface area (Å²) in [7, 11) is 0. The Balaban J connectivity index is 1.72. The molecular weight excluding hydrogens is 561 g/mol. The van der Waals surface area contributed by atoms with Crippen LogP contribution in [0.2, 0.25) is 0 Å². The maximum atomic E-state index is 11.7. The normalized spacial score (nSPS) is 11.5. The fourth-order valence-corrected chi connectivity index (χ4v) is 3.91. The molecule has 0 aliphatic rings. The molecule has 0 atom stereocenters. The van der Waals surface area contributed by atoms with Crippen LogP contribution < -0.4 is 10.6 Å². The van der Waals surface area contributed by atoms with E-state index in [1.807, 2.05) is 39.0 Å². The number of amides is 1. The largest absolute Gasteiger partial charge is 0.444 e. The molecule has 0 spiro atoms. The fraction of sp³-hybridized carbons (Fsp3) is 0.381. The van der Waals surface area contributed by atoms with Crippen LogP contribution in [0.15, 0.2) is 41.0 Å². The van der Waals surface area contributed by atoms with Gasteiger partial charge in [-0.1, -0.05) is 46.9 Å². The number of alkyl carbamates (subject to hydrolysis) is 1. The zero-order valence-electron chi connectivity index (χ0n) is 17.2. The summed E-state index contributed by atoms with van der Waals surface area (Å²) in [5.74, 6) is 0.848. The van der Waals surface area contributed by atoms with Crippen LogP contribution in [0.3, 0.4) is 0 Å². The number of nitrogens with one attached hydrogen (secondary N) is 2. The lowest BCUT2D eigenvalue weighted by atomic mass is 10.1. The van der Waals surface area contributed by atoms with Crippen molar-refractivity contribution in [2.45, 2.75) is 37.2 Å². The van der Waals surface area contributed by atoms with Gasteiger partial charge in [0.25, 0.3) is 0 Å². The molecule has 0 saturated carbocycles. The van der Waals surface area contributed by atoms with Crippen LogP contribution >= 0.6 is 38.5 Å². The smallest absolute Gasteiger partial charge is 0.407 e. The molecule has 7 nitrogen and oxygen atoms in total. The van der Waals surface area contributed by atoms with E-state index in [-0.39, 0.29) is 0 Å². The zero-order chi connectivity index (χ0) is 21.7. The summed E-state index contributed by atoms with van der Waals surface area (Å²) >= 11 is 5.91. The first-order chi connectivity index (χ1) is 14.3. The van der Waals surface area contributed by atoms with Crippen molar-refractivity contribution < 1.29 is 9.53 Å². The number of ether oxygens (including phenoxy) is 1. The van der Waals surface area contributed by atoms with Crippen LogP contribution in [0, 0.1) is 0 Å². The van der Waals surface area contributed by atoms with Gasteiger partial charge in [0.05, 0.1) is 16.4 Å². The second-order valence-electron chi connectivity index (χ2n) is 7.75. The fourth-order valence-electron chi connectivity index (χ4n) is 2.90. The molecule has 2 aromatic heterocycles. The van der Waals surface area contributed by atoms with Crippen LogP contribution in [0.5, 0.6) is 0 Å². The lowest BCUT2D eigenvalue weighted by Gasteiger charge is -2.19. The number of nitrogens with zero attached hydrogens (tertiary/aromatic N) is 3. The minimum atomic E-state index is -0.497. The van der Waals surface area contributed by atoms with E-state index in [0.717, 1.165) is 38.0 Å². The van der Waals surface area contributed by atoms with Gasteiger partial charge in [0, 0.05) is 29.1 Å². The van der Waals surface area contributed by atoms with E-state index in [0.29, 0.717) is 13.1 Å². The number of rotatable bonds is 7. The van der Waals surface area contributed by atoms with Crippen molar-refractivity contribution in [2.24, 2.45) is 0 Å². The maximum absolute atomic E-state index is 11.7. The average molecular weight is 586 g/mol. The second-order valence-corrected chi connectivity index (χ2v) is 9.37. The number of halogens is 2. The molecule has 3 aromatic rings. The summed E-state index contributed by atoms with van der Waals surface area (Å²) in [4.78, 5) is 16.6. The van der Waals surface area contributed by atoms with Crippen molar-refractivity contribution in [1.82, 2.24) is 19.9 Å². The van der Waals surface area contributed by atoms with E-state index in [2.05, 4.69) is 66.4 Å². The molecule has 0 saturated heterocycles. The molecule has 1 amide bonds. The van der Waals surface area contributed by atoms with E-state index in [1.54, 1.807) is 10.7 Å². The molecule has 2 N–H and O–H groups in total. The van der Waals surface area contributed by atoms with Crippen LogP contribution in [-0.2, 0) is 9.16 Å². The summed E-state index contributed by atoms with van der Waals surface area (Å²) in [6, 6.07) is 10.3. The van der Waals surface area contributed by atoms with E-state index >= 15 is 0 Å². The molecule has 0 unspecified atom stereocenters. The van der Waals surface area contributed by atoms with Crippen molar-refractivity contribution in [3.8, 4) is 11.3 Å². The predicted molar refractivity (Wildman–Crippen MR) is 131 cm³/mol. The summed E-state index contributed by atoms with van der Waals surface area (Å²) in [6.07, 6.45) is 2.08. The Hall–Kier alpha value is -1.88. The molecule has 160 valence electrons. The second kappa shape index (κ2) is 9.95. The number of benzene rings is 1. The Morgan fingerprint density at radius 1 is 1.27 bits per heavy atom. The quantitative estimate of drug-likeness (QED) is 0.220. The highest BCUT2D eigenvalue weighted by molar-refractivity contribution is 14.1. The topological polar surface area (TPSA) is 80.5 Å². The first-order valence-corrected chi connectivity index (χ1v) is 12.0. The Morgan fingerprint density at radius 2 is 2.03 bits per heavy atom. The molecule has 0 bridgehead atoms. The van der Waals surface area contributed by atoms with Crippen molar-refractivity contribution in [2.75, 3.05) is 18.4 Å². The van der Waals surface area contributed by atoms with E-state index in [9.17, 15) is 4.79 Å². The first-order valence-electron chi connectivity index (χ1n) is 9.68. The predicted octanol–water partition coefficient (Wildman–Crippen LogP) is 5.42. The van der Waals surface area contributed by atoms with Gasteiger partial charge < -0.3 is 15.4 Å². The van der Waals surface area contributed by atoms with Crippen molar-refractivity contribution in [1.29, 1.82) is 0 Å². The Morgan fingerprint density at radius 3 is 2.77 bits per heavy atom. The monoisotopic (exact) mass is 585 g/mol. The van der Waals surface area contributed by atoms with Crippen molar-refractivity contribution in [3.05, 3.63) is 46.6 Å². The Kier molecular flexibility index (Phi) is 7.56. The molecule has 1 aromatic carbocycles. The van der Waals surface area contributed by atoms with Gasteiger partial charge in [-0.15, -0.1) is 0 Å². The number of carbonyl (C=O) groups excluding carboxylic acids is 1. The standard InChI is InChI=1S/C21H25BrIN5O2/c1-21(2,3)30-20(29)25-10-6-9-24-18-11-17(15-8-5-4-7-14(15)12-23)27-19-16(22)13-26-28(18)19/h4-5,7-8,11,13,24H,6,9-10,12H2,1-3H3,(H,25,29). The van der Waals surface area contributed by atoms with Gasteiger partial charge in [0.2, 0.25) is 0 Å². The van der Waals surface area contributed by atoms with E-state index in [1.165, 1.54) is 5.56 Å². The highest BCUT2D eigenvalue weighted by atomic mass is 127. The number of hydrogen-bond acceptors (Lipinski definition) is 5. The molecule has 0 aliphatic carbocycles. The van der Waals surface area contributed by atoms with E-state index < -0.39 is 11.7 Å². The number of aromatic nitrogens is 3. The van der Waals surface area contributed by atoms with Crippen LogP contribution in [0.1, 0.15) is 32.8 Å². The third-order valence-electron chi connectivity index (χ3n) is 4.19. The number of hydrogen-bond donors (Lipinski definition) is 2. The summed E-state index contributed by atoms with van der Waals surface area (Å²) < 4.78 is 8.77. The minimum Gasteiger partial charge on any atom is -0.444 e. The van der Waals surface area contributed by atoms with Gasteiger partial charge in [-0.05, 0) is 48.7 Å². The third-order valence-corrected chi connectivity index (χ3v) is 5.58. The van der Waals surface area contributed by atoms with Gasteiger partial charge in [-0.2, -0.15) is 9.61 Å². The van der Waals surface area contributed by atoms with Crippen molar-refractivity contribution >= 4 is 56.1 Å². The summed E-state index contributed by atoms with van der Waals surface area (Å²) in [6.45, 7) is 6.72. The molecular formula is C21H25BrIN5O2. The van der Waals surface area contributed by atoms with Crippen LogP contribution in [0.4, 0.5) is 10.6 Å². The molecule has 30 heavy (non-hydrogen) atoms. The van der Waals surface area contributed by atoms with Gasteiger partial charge in [-0.25, -0.2) is 9.78 Å². The molecule has 0 fully saturated rings. The summed E-state index contributed by atoms with van der Waals surface area (Å²) in [5.41, 5.74) is 3.49. The lowest BCUT2D eigenvalue weighted by molar-refractivity contribution is 0.0528. The zero-order valence-corrected chi connectivity index (χ0v) is 21.0. The van der Waals surface area contributed by atoms with Gasteiger partial charge >= 0.3 is 6.09 Å². The van der Waals surface area contributed by atoms with Crippen molar-refractivity contribution in [3.63, 3.8) is 0 Å². The van der Waals surface area contributed by atoms with Crippen LogP contribution in [-0.4, -0.2) is 39.4 Å². The first kappa shape index (κ1) is 22.8. The van der Waals surface area contributed by atoms with Crippen LogP contribution in [0.25, 0.3) is 16.9 Å². The molecule has 0 aliphatic heterocycles. The summed E-state index contributed by atoms with van der Waals surface area (Å²) in [5, 5.41) is 10.6. The van der Waals surface area contributed by atoms with E-state index in [4.69, 9.17) is 9.72 Å². The van der Waals surface area contributed by atoms with Gasteiger partial charge in [0.15, 0.2) is 5.65 Å². The molecule has 3 rings (SSSR count). The SMILES string of the molecule is CC(C)(C)OC(=O)NCCCNc1cc(-c2ccccc2CI)nc2c(Br)cnn12. The molecule has 9 heteroatoms. The average Bonchev–Trinajstić information content (AvgIpc) is 3.07. The Bertz CT molecular complexity index is 1030. The van der Waals surface area contributed by atoms with Gasteiger partial charge in [0.1, 0.15) is 11.4 Å². The molecule has 0 radical (unpaired) electrons. The van der Waals surface area contributed by atoms with Gasteiger partial charge in [-0.3, -0.25) is 0 Å². The Labute approximate surface area is 198 Å². The maximum Gasteiger partial charge on any atom is 0.407 e. The lowest BCUT2D eigenvalue weighted by Crippen LogP contribution is -2.33. The number of anilines is 1. The minimum absolute atomic E-state index is 0.400. The third kappa shape index (κ3) is 5.84. The highest BCUT2D eigenvalue weighted by Gasteiger charge is 2.16. The highest BCUT2D eigenvalue weighted by Crippen LogP contribution is 2.29. The number of carbonyl (C=O) groups is 1. The molecule has 2 heterocycles.